The van der Waals surface area contributed by atoms with Crippen molar-refractivity contribution >= 4 is 11.0 Å². The normalized spacial score (nSPS) is 13.5. The molecule has 1 heterocycles. The number of ether oxygens (including phenoxy) is 1. The lowest BCUT2D eigenvalue weighted by molar-refractivity contribution is -0.0661. The van der Waals surface area contributed by atoms with E-state index in [4.69, 9.17) is 9.15 Å². The van der Waals surface area contributed by atoms with Crippen LogP contribution in [0.1, 0.15) is 13.8 Å². The first-order chi connectivity index (χ1) is 8.86. The Balaban J connectivity index is 2.16. The fourth-order valence-electron chi connectivity index (χ4n) is 1.51. The smallest absolute Gasteiger partial charge is 0.336 e. The van der Waals surface area contributed by atoms with Gasteiger partial charge in [-0.15, -0.1) is 0 Å². The second kappa shape index (κ2) is 5.03. The summed E-state index contributed by atoms with van der Waals surface area (Å²) in [7, 11) is 0. The van der Waals surface area contributed by atoms with Crippen molar-refractivity contribution < 1.29 is 19.4 Å². The van der Waals surface area contributed by atoms with Gasteiger partial charge in [-0.05, 0) is 32.0 Å². The van der Waals surface area contributed by atoms with E-state index in [-0.39, 0.29) is 6.61 Å². The number of hydrogen-bond acceptors (Lipinski definition) is 5. The molecule has 19 heavy (non-hydrogen) atoms. The average molecular weight is 264 g/mol. The molecule has 0 radical (unpaired) electrons. The van der Waals surface area contributed by atoms with E-state index in [1.807, 2.05) is 0 Å². The summed E-state index contributed by atoms with van der Waals surface area (Å²) in [4.78, 5) is 11.1. The van der Waals surface area contributed by atoms with Gasteiger partial charge < -0.3 is 19.4 Å². The first kappa shape index (κ1) is 13.6. The molecule has 2 rings (SSSR count). The van der Waals surface area contributed by atoms with E-state index >= 15 is 0 Å². The van der Waals surface area contributed by atoms with Gasteiger partial charge in [0.25, 0.3) is 0 Å². The number of fused-ring (bicyclic) bond motifs is 1. The number of aliphatic hydroxyl groups excluding tert-OH is 1. The van der Waals surface area contributed by atoms with Crippen LogP contribution in [0.25, 0.3) is 11.0 Å². The molecule has 0 unspecified atom stereocenters. The Morgan fingerprint density at radius 2 is 2.00 bits per heavy atom. The minimum absolute atomic E-state index is 0.0495. The van der Waals surface area contributed by atoms with Crippen molar-refractivity contribution in [3.05, 3.63) is 40.8 Å². The zero-order valence-electron chi connectivity index (χ0n) is 10.8. The highest BCUT2D eigenvalue weighted by Gasteiger charge is 2.24. The summed E-state index contributed by atoms with van der Waals surface area (Å²) in [5, 5.41) is 20.0. The standard InChI is InChI=1S/C14H16O5/c1-14(2,17)12(15)8-18-10-5-3-9-4-6-13(16)19-11(9)7-10/h3-7,12,15,17H,8H2,1-2H3/t12-/m1/s1. The van der Waals surface area contributed by atoms with E-state index in [0.717, 1.165) is 5.39 Å². The molecule has 0 spiro atoms. The Morgan fingerprint density at radius 1 is 1.32 bits per heavy atom. The first-order valence-electron chi connectivity index (χ1n) is 5.93. The molecular weight excluding hydrogens is 248 g/mol. The van der Waals surface area contributed by atoms with E-state index in [9.17, 15) is 15.0 Å². The Morgan fingerprint density at radius 3 is 2.68 bits per heavy atom. The molecule has 0 fully saturated rings. The van der Waals surface area contributed by atoms with Crippen LogP contribution in [0.4, 0.5) is 0 Å². The second-order valence-electron chi connectivity index (χ2n) is 4.93. The molecule has 5 heteroatoms. The molecule has 2 aromatic rings. The van der Waals surface area contributed by atoms with Crippen molar-refractivity contribution in [2.24, 2.45) is 0 Å². The van der Waals surface area contributed by atoms with Crippen LogP contribution < -0.4 is 10.4 Å². The number of rotatable bonds is 4. The fraction of sp³-hybridized carbons (Fsp3) is 0.357. The SMILES string of the molecule is CC(C)(O)[C@H](O)COc1ccc2ccc(=O)oc2c1. The van der Waals surface area contributed by atoms with Crippen LogP contribution in [-0.4, -0.2) is 28.5 Å². The van der Waals surface area contributed by atoms with Crippen molar-refractivity contribution in [3.8, 4) is 5.75 Å². The summed E-state index contributed by atoms with van der Waals surface area (Å²) in [6, 6.07) is 8.05. The summed E-state index contributed by atoms with van der Waals surface area (Å²) in [6.07, 6.45) is -1.01. The summed E-state index contributed by atoms with van der Waals surface area (Å²) in [5.41, 5.74) is -1.24. The lowest BCUT2D eigenvalue weighted by atomic mass is 10.0. The van der Waals surface area contributed by atoms with Crippen LogP contribution in [0.2, 0.25) is 0 Å². The molecule has 0 aliphatic heterocycles. The van der Waals surface area contributed by atoms with Crippen LogP contribution >= 0.6 is 0 Å². The van der Waals surface area contributed by atoms with Crippen molar-refractivity contribution in [2.45, 2.75) is 25.6 Å². The van der Waals surface area contributed by atoms with E-state index < -0.39 is 17.3 Å². The number of benzene rings is 1. The van der Waals surface area contributed by atoms with Gasteiger partial charge in [-0.1, -0.05) is 0 Å². The Bertz CT molecular complexity index is 624. The van der Waals surface area contributed by atoms with Gasteiger partial charge in [0.1, 0.15) is 24.0 Å². The fourth-order valence-corrected chi connectivity index (χ4v) is 1.51. The van der Waals surface area contributed by atoms with Crippen molar-refractivity contribution in [1.29, 1.82) is 0 Å². The first-order valence-corrected chi connectivity index (χ1v) is 5.93. The molecular formula is C14H16O5. The molecule has 5 nitrogen and oxygen atoms in total. The Labute approximate surface area is 110 Å². The summed E-state index contributed by atoms with van der Waals surface area (Å²) >= 11 is 0. The number of hydrogen-bond donors (Lipinski definition) is 2. The van der Waals surface area contributed by atoms with Crippen LogP contribution in [0.3, 0.4) is 0 Å². The van der Waals surface area contributed by atoms with Gasteiger partial charge in [-0.2, -0.15) is 0 Å². The van der Waals surface area contributed by atoms with Gasteiger partial charge in [0.15, 0.2) is 0 Å². The monoisotopic (exact) mass is 264 g/mol. The van der Waals surface area contributed by atoms with Gasteiger partial charge in [0, 0.05) is 17.5 Å². The lowest BCUT2D eigenvalue weighted by Gasteiger charge is -2.24. The van der Waals surface area contributed by atoms with Crippen LogP contribution in [-0.2, 0) is 0 Å². The third-order valence-corrected chi connectivity index (χ3v) is 2.82. The minimum Gasteiger partial charge on any atom is -0.491 e. The highest BCUT2D eigenvalue weighted by atomic mass is 16.5. The maximum atomic E-state index is 11.1. The van der Waals surface area contributed by atoms with E-state index in [1.165, 1.54) is 19.9 Å². The summed E-state index contributed by atoms with van der Waals surface area (Å²) in [6.45, 7) is 2.95. The summed E-state index contributed by atoms with van der Waals surface area (Å²) < 4.78 is 10.4. The van der Waals surface area contributed by atoms with Crippen molar-refractivity contribution in [2.75, 3.05) is 6.61 Å². The molecule has 1 aromatic carbocycles. The maximum Gasteiger partial charge on any atom is 0.336 e. The van der Waals surface area contributed by atoms with Crippen LogP contribution in [0.5, 0.6) is 5.75 Å². The highest BCUT2D eigenvalue weighted by molar-refractivity contribution is 5.77. The van der Waals surface area contributed by atoms with Gasteiger partial charge >= 0.3 is 5.63 Å². The quantitative estimate of drug-likeness (QED) is 0.814. The summed E-state index contributed by atoms with van der Waals surface area (Å²) in [5.74, 6) is 0.463. The zero-order chi connectivity index (χ0) is 14.0. The third kappa shape index (κ3) is 3.33. The average Bonchev–Trinajstić information content (AvgIpc) is 2.34. The van der Waals surface area contributed by atoms with E-state index in [1.54, 1.807) is 24.3 Å². The Hall–Kier alpha value is -1.85. The van der Waals surface area contributed by atoms with Gasteiger partial charge in [-0.3, -0.25) is 0 Å². The molecule has 0 aliphatic carbocycles. The molecule has 0 saturated heterocycles. The molecule has 2 N–H and O–H groups in total. The van der Waals surface area contributed by atoms with Crippen LogP contribution in [0, 0.1) is 0 Å². The Kier molecular flexibility index (Phi) is 3.59. The maximum absolute atomic E-state index is 11.1. The van der Waals surface area contributed by atoms with Crippen LogP contribution in [0.15, 0.2) is 39.5 Å². The van der Waals surface area contributed by atoms with E-state index in [2.05, 4.69) is 0 Å². The lowest BCUT2D eigenvalue weighted by Crippen LogP contribution is -2.40. The zero-order valence-corrected chi connectivity index (χ0v) is 10.8. The van der Waals surface area contributed by atoms with Crippen molar-refractivity contribution in [1.82, 2.24) is 0 Å². The number of aliphatic hydroxyl groups is 2. The third-order valence-electron chi connectivity index (χ3n) is 2.82. The molecule has 1 atom stereocenters. The van der Waals surface area contributed by atoms with E-state index in [0.29, 0.717) is 11.3 Å². The highest BCUT2D eigenvalue weighted by Crippen LogP contribution is 2.20. The van der Waals surface area contributed by atoms with Crippen molar-refractivity contribution in [3.63, 3.8) is 0 Å². The molecule has 0 bridgehead atoms. The largest absolute Gasteiger partial charge is 0.491 e. The molecule has 0 aliphatic rings. The van der Waals surface area contributed by atoms with Gasteiger partial charge in [0.2, 0.25) is 0 Å². The molecule has 0 amide bonds. The second-order valence-corrected chi connectivity index (χ2v) is 4.93. The van der Waals surface area contributed by atoms with Gasteiger partial charge in [0.05, 0.1) is 5.60 Å². The predicted octanol–water partition coefficient (Wildman–Crippen LogP) is 1.30. The predicted molar refractivity (Wildman–Crippen MR) is 70.3 cm³/mol. The van der Waals surface area contributed by atoms with Gasteiger partial charge in [-0.25, -0.2) is 4.79 Å². The molecule has 102 valence electrons. The molecule has 0 saturated carbocycles. The minimum atomic E-state index is -1.23. The molecule has 1 aromatic heterocycles. The topological polar surface area (TPSA) is 79.9 Å².